The smallest absolute Gasteiger partial charge is 0.480 e. The Labute approximate surface area is 696 Å². The number of nitrogens with two attached hydrogens (primary N) is 2. The number of carbonyl (C=O) groups excluding carboxylic acids is 12. The molecule has 33 heteroatoms. The van der Waals surface area contributed by atoms with Gasteiger partial charge in [0, 0.05) is 103 Å². The summed E-state index contributed by atoms with van der Waals surface area (Å²) in [6.45, 7) is 23.6. The fourth-order valence-corrected chi connectivity index (χ4v) is 12.8. The minimum absolute atomic E-state index is 0.0620. The van der Waals surface area contributed by atoms with Gasteiger partial charge in [0.2, 0.25) is 29.5 Å². The summed E-state index contributed by atoms with van der Waals surface area (Å²) in [7, 11) is 0. The summed E-state index contributed by atoms with van der Waals surface area (Å²) in [5, 5.41) is 39.1. The second kappa shape index (κ2) is 54.4. The summed E-state index contributed by atoms with van der Waals surface area (Å²) < 4.78 is 36.9. The van der Waals surface area contributed by atoms with Gasteiger partial charge in [0.15, 0.2) is 11.6 Å². The van der Waals surface area contributed by atoms with E-state index >= 15 is 0 Å². The Balaban J connectivity index is 0.000000499. The number of unbranched alkanes of at least 4 members (excludes halogenated alkanes) is 2. The third-order valence-corrected chi connectivity index (χ3v) is 18.9. The van der Waals surface area contributed by atoms with E-state index in [1.54, 1.807) is 44.4 Å². The molecule has 30 nitrogen and oxygen atoms in total. The first-order valence-corrected chi connectivity index (χ1v) is 40.8. The molecule has 0 aliphatic carbocycles. The molecule has 14 N–H and O–H groups in total. The van der Waals surface area contributed by atoms with Crippen LogP contribution >= 0.6 is 0 Å². The summed E-state index contributed by atoms with van der Waals surface area (Å²) in [5.41, 5.74) is 15.0. The molecule has 2 fully saturated rings. The topological polar surface area (TPSA) is 447 Å². The molecule has 119 heavy (non-hydrogen) atoms. The van der Waals surface area contributed by atoms with E-state index in [4.69, 9.17) is 26.1 Å². The van der Waals surface area contributed by atoms with Gasteiger partial charge in [-0.15, -0.1) is 0 Å². The number of benzene rings is 4. The quantitative estimate of drug-likeness (QED) is 0.0180. The van der Waals surface area contributed by atoms with Gasteiger partial charge in [-0.1, -0.05) is 156 Å². The van der Waals surface area contributed by atoms with Crippen molar-refractivity contribution < 1.29 is 95.2 Å². The number of rotatable bonds is 39. The lowest BCUT2D eigenvalue weighted by molar-refractivity contribution is -0.192. The molecule has 10 amide bonds. The van der Waals surface area contributed by atoms with Gasteiger partial charge in [0.05, 0.1) is 18.1 Å². The monoisotopic (exact) mass is 1670 g/mol. The van der Waals surface area contributed by atoms with Crippen LogP contribution in [0.2, 0.25) is 0 Å². The Bertz CT molecular complexity index is 3830. The summed E-state index contributed by atoms with van der Waals surface area (Å²) in [6.07, 6.45) is -1.11. The number of hydrogen-bond acceptors (Lipinski definition) is 18. The van der Waals surface area contributed by atoms with Crippen LogP contribution in [0, 0.1) is 29.6 Å². The van der Waals surface area contributed by atoms with Crippen molar-refractivity contribution in [3.05, 3.63) is 144 Å². The Morgan fingerprint density at radius 2 is 0.849 bits per heavy atom. The number of nitrogens with one attached hydrogen (secondary N) is 8. The highest BCUT2D eigenvalue weighted by Gasteiger charge is 2.39. The van der Waals surface area contributed by atoms with Gasteiger partial charge in [-0.3, -0.25) is 52.7 Å². The fourth-order valence-electron chi connectivity index (χ4n) is 12.8. The predicted molar refractivity (Wildman–Crippen MR) is 443 cm³/mol. The van der Waals surface area contributed by atoms with Crippen molar-refractivity contribution in [3.8, 4) is 0 Å². The van der Waals surface area contributed by atoms with Crippen LogP contribution in [0.15, 0.2) is 121 Å². The molecule has 0 saturated carbocycles. The van der Waals surface area contributed by atoms with E-state index in [2.05, 4.69) is 42.5 Å². The van der Waals surface area contributed by atoms with Crippen molar-refractivity contribution in [1.82, 2.24) is 57.2 Å². The number of piperazine rings is 2. The second-order valence-corrected chi connectivity index (χ2v) is 31.2. The van der Waals surface area contributed by atoms with E-state index < -0.39 is 113 Å². The Morgan fingerprint density at radius 1 is 0.479 bits per heavy atom. The first-order valence-electron chi connectivity index (χ1n) is 40.8. The van der Waals surface area contributed by atoms with Crippen LogP contribution in [0.1, 0.15) is 156 Å². The zero-order valence-corrected chi connectivity index (χ0v) is 70.4. The van der Waals surface area contributed by atoms with E-state index in [1.165, 1.54) is 4.90 Å². The number of halogens is 3. The SMILES string of the molecule is CC(C)C[C@@H](CC(=O)[C@@H](Cc1ccccc1)NC(=O)[C@H](C)Cc1ccccc1)C(=O)N[C@H](CCCCNC(=O)OC(C)(C)C)C(=O)O.CCNC(=O)C(=O)N1CCN(C(=O)[C@@H](CCCCN)NC(=O)[C@H](CC(=O)[C@@H](Cc2ccccc2)NC(=O)[C@H](N)Cc2ccccc2)CC(C)C)CC1.CCNC(=O)C(=O)N1CCNCC1.O=C(O)C(F)(F)F. The molecule has 2 aliphatic heterocycles. The zero-order valence-electron chi connectivity index (χ0n) is 70.4. The molecule has 0 unspecified atom stereocenters. The summed E-state index contributed by atoms with van der Waals surface area (Å²) >= 11 is 0. The number of nitrogens with zero attached hydrogens (tertiary/aromatic N) is 3. The summed E-state index contributed by atoms with van der Waals surface area (Å²) in [5.74, 6) is -10.4. The third-order valence-electron chi connectivity index (χ3n) is 18.9. The van der Waals surface area contributed by atoms with Gasteiger partial charge in [0.25, 0.3) is 0 Å². The maximum absolute atomic E-state index is 14.0. The fraction of sp³-hybridized carbons (Fsp3) is 0.558. The molecular weight excluding hydrogens is 1540 g/mol. The van der Waals surface area contributed by atoms with Crippen molar-refractivity contribution >= 4 is 82.8 Å². The zero-order chi connectivity index (χ0) is 88.8. The van der Waals surface area contributed by atoms with Crippen LogP contribution in [0.4, 0.5) is 18.0 Å². The highest BCUT2D eigenvalue weighted by atomic mass is 19.4. The van der Waals surface area contributed by atoms with Gasteiger partial charge in [0.1, 0.15) is 17.7 Å². The van der Waals surface area contributed by atoms with Crippen molar-refractivity contribution in [2.45, 2.75) is 201 Å². The Kier molecular flexibility index (Phi) is 46.9. The molecule has 0 spiro atoms. The number of carboxylic acids is 2. The van der Waals surface area contributed by atoms with Crippen LogP contribution in [-0.4, -0.2) is 228 Å². The molecule has 0 radical (unpaired) electrons. The standard InChI is InChI=1S/C39H57N7O6.C37H53N3O7.C8H15N3O2.C2HF3O2/c1-4-42-37(50)39(52)46-21-19-45(20-22-46)38(51)32(17-11-12-18-40)43-35(48)30(23-27(2)3)26-34(47)33(25-29-15-9-6-10-16-29)44-36(49)31(41)24-28-13-7-5-8-14-28;1-25(2)21-29(34(43)39-30(35(44)45)19-13-14-20-38-36(46)47-37(4,5)6)24-32(41)31(23-28-17-11-8-12-18-28)40-33(42)26(3)22-27-15-9-7-10-16-27;1-2-10-7(12)8(13)11-5-3-9-4-6-11;3-2(4,5)1(6)7/h5-10,13-16,27,30-33H,4,11-12,17-26,40-41H2,1-3H3,(H,42,50)(H,43,48)(H,44,49);7-12,15-18,25-26,29-31H,13-14,19-24H2,1-6H3,(H,38,46)(H,39,43)(H,40,42)(H,44,45);9H,2-6H2,1H3,(H,10,12);(H,6,7)/t30-,31+,32+,33+;26-,29+,30-,31-;;/m01../s1. The second-order valence-electron chi connectivity index (χ2n) is 31.2. The highest BCUT2D eigenvalue weighted by Crippen LogP contribution is 2.24. The normalized spacial score (nSPS) is 14.7. The van der Waals surface area contributed by atoms with Crippen molar-refractivity contribution in [3.63, 3.8) is 0 Å². The number of ether oxygens (including phenoxy) is 1. The molecule has 2 aliphatic rings. The van der Waals surface area contributed by atoms with Gasteiger partial charge in [-0.25, -0.2) is 14.4 Å². The molecule has 8 atom stereocenters. The van der Waals surface area contributed by atoms with E-state index in [0.717, 1.165) is 35.3 Å². The lowest BCUT2D eigenvalue weighted by Gasteiger charge is -2.36. The van der Waals surface area contributed by atoms with E-state index in [-0.39, 0.29) is 99.4 Å². The number of alkyl carbamates (subject to hydrolysis) is 1. The minimum atomic E-state index is -5.08. The Hall–Kier alpha value is -10.7. The number of carbonyl (C=O) groups is 14. The van der Waals surface area contributed by atoms with Crippen LogP contribution < -0.4 is 54.0 Å². The van der Waals surface area contributed by atoms with Gasteiger partial charge >= 0.3 is 47.8 Å². The number of alkyl halides is 3. The van der Waals surface area contributed by atoms with Crippen LogP contribution in [0.25, 0.3) is 0 Å². The van der Waals surface area contributed by atoms with Crippen molar-refractivity contribution in [2.24, 2.45) is 41.1 Å². The molecule has 4 aromatic rings. The largest absolute Gasteiger partial charge is 0.490 e. The maximum Gasteiger partial charge on any atom is 0.490 e. The average Bonchev–Trinajstić information content (AvgIpc) is 0.841. The predicted octanol–water partition coefficient (Wildman–Crippen LogP) is 5.99. The lowest BCUT2D eigenvalue weighted by Crippen LogP contribution is -2.58. The van der Waals surface area contributed by atoms with Crippen LogP contribution in [-0.2, 0) is 92.7 Å². The molecule has 4 aromatic carbocycles. The summed E-state index contributed by atoms with van der Waals surface area (Å²) in [4.78, 5) is 180. The number of ketones is 2. The Morgan fingerprint density at radius 3 is 1.24 bits per heavy atom. The third kappa shape index (κ3) is 41.5. The van der Waals surface area contributed by atoms with Crippen molar-refractivity contribution in [1.29, 1.82) is 0 Å². The van der Waals surface area contributed by atoms with E-state index in [1.807, 2.05) is 156 Å². The molecule has 2 heterocycles. The van der Waals surface area contributed by atoms with Gasteiger partial charge < -0.3 is 83.7 Å². The van der Waals surface area contributed by atoms with Crippen LogP contribution in [0.3, 0.4) is 0 Å². The summed E-state index contributed by atoms with van der Waals surface area (Å²) in [6, 6.07) is 33.1. The van der Waals surface area contributed by atoms with E-state index in [0.29, 0.717) is 97.1 Å². The first-order chi connectivity index (χ1) is 56.3. The number of aliphatic carboxylic acids is 2. The molecular formula is C86H126F3N13O17. The number of carboxylic acid groups (broad SMARTS) is 2. The minimum Gasteiger partial charge on any atom is -0.480 e. The molecule has 658 valence electrons. The lowest BCUT2D eigenvalue weighted by atomic mass is 9.88. The molecule has 0 aromatic heterocycles. The number of hydrogen-bond donors (Lipinski definition) is 12. The van der Waals surface area contributed by atoms with E-state index in [9.17, 15) is 80.6 Å². The number of likely N-dealkylation sites (N-methyl/N-ethyl adjacent to an activating group) is 2. The highest BCUT2D eigenvalue weighted by molar-refractivity contribution is 6.35. The molecule has 6 rings (SSSR count). The number of amides is 10. The molecule has 2 saturated heterocycles. The molecule has 0 bridgehead atoms. The maximum atomic E-state index is 14.0. The average molecular weight is 1670 g/mol. The number of Topliss-reactive ketones (excluding diaryl/α,β-unsaturated/α-hetero) is 2. The van der Waals surface area contributed by atoms with Gasteiger partial charge in [-0.2, -0.15) is 13.2 Å². The van der Waals surface area contributed by atoms with Crippen molar-refractivity contribution in [2.75, 3.05) is 78.5 Å². The first kappa shape index (κ1) is 103. The van der Waals surface area contributed by atoms with Crippen LogP contribution in [0.5, 0.6) is 0 Å². The van der Waals surface area contributed by atoms with Gasteiger partial charge in [-0.05, 0) is 152 Å².